The van der Waals surface area contributed by atoms with Gasteiger partial charge in [0.25, 0.3) is 0 Å². The quantitative estimate of drug-likeness (QED) is 0.544. The molecule has 0 bridgehead atoms. The lowest BCUT2D eigenvalue weighted by Gasteiger charge is -2.42. The maximum atomic E-state index is 11.0. The molecule has 1 atom stereocenters. The van der Waals surface area contributed by atoms with Crippen molar-refractivity contribution in [1.29, 1.82) is 0 Å². The van der Waals surface area contributed by atoms with E-state index in [1.165, 1.54) is 0 Å². The van der Waals surface area contributed by atoms with Gasteiger partial charge in [-0.25, -0.2) is 0 Å². The molecule has 0 saturated heterocycles. The van der Waals surface area contributed by atoms with Crippen LogP contribution in [0.2, 0.25) is 18.1 Å². The lowest BCUT2D eigenvalue weighted by molar-refractivity contribution is 0.203. The van der Waals surface area contributed by atoms with Gasteiger partial charge in [0.1, 0.15) is 0 Å². The van der Waals surface area contributed by atoms with Crippen LogP contribution in [0.4, 0.5) is 0 Å². The number of aliphatic imine (C=N–C) groups is 1. The molecule has 0 aliphatic heterocycles. The van der Waals surface area contributed by atoms with Crippen molar-refractivity contribution in [3.05, 3.63) is 12.7 Å². The summed E-state index contributed by atoms with van der Waals surface area (Å²) in [6, 6.07) is 3.44. The summed E-state index contributed by atoms with van der Waals surface area (Å²) in [6.07, 6.45) is 1.74. The molecule has 17 heavy (non-hydrogen) atoms. The molecule has 0 aliphatic carbocycles. The van der Waals surface area contributed by atoms with Crippen molar-refractivity contribution in [2.75, 3.05) is 0 Å². The lowest BCUT2D eigenvalue weighted by atomic mass is 10.2. The number of nitrogens with zero attached hydrogens (tertiary/aromatic N) is 1. The van der Waals surface area contributed by atoms with E-state index in [9.17, 15) is 5.11 Å². The molecule has 0 saturated carbocycles. The highest BCUT2D eigenvalue weighted by Gasteiger charge is 2.47. The zero-order chi connectivity index (χ0) is 13.7. The van der Waals surface area contributed by atoms with Crippen molar-refractivity contribution in [2.24, 2.45) is 4.99 Å². The van der Waals surface area contributed by atoms with E-state index in [-0.39, 0.29) is 6.04 Å². The van der Waals surface area contributed by atoms with Gasteiger partial charge in [-0.05, 0) is 26.8 Å². The Bertz CT molecular complexity index is 270. The van der Waals surface area contributed by atoms with Gasteiger partial charge in [0, 0.05) is 6.04 Å². The van der Waals surface area contributed by atoms with E-state index >= 15 is 0 Å². The summed E-state index contributed by atoms with van der Waals surface area (Å²) in [5, 5.41) is 10.2. The molecule has 0 spiro atoms. The highest BCUT2D eigenvalue weighted by Crippen LogP contribution is 2.33. The Hall–Kier alpha value is -0.413. The normalized spacial score (nSPS) is 17.1. The van der Waals surface area contributed by atoms with E-state index in [4.69, 9.17) is 0 Å². The van der Waals surface area contributed by atoms with Gasteiger partial charge in [-0.1, -0.05) is 45.5 Å². The molecule has 0 amide bonds. The Morgan fingerprint density at radius 3 is 1.94 bits per heavy atom. The smallest absolute Gasteiger partial charge is 0.0977 e. The predicted octanol–water partition coefficient (Wildman–Crippen LogP) is 3.82. The summed E-state index contributed by atoms with van der Waals surface area (Å²) in [7, 11) is -1.74. The minimum atomic E-state index is -1.74. The van der Waals surface area contributed by atoms with Crippen molar-refractivity contribution in [2.45, 2.75) is 70.9 Å². The predicted molar refractivity (Wildman–Crippen MR) is 80.6 cm³/mol. The molecule has 0 aromatic heterocycles. The molecule has 0 aromatic carbocycles. The topological polar surface area (TPSA) is 32.6 Å². The van der Waals surface area contributed by atoms with Crippen LogP contribution in [0.5, 0.6) is 0 Å². The first-order chi connectivity index (χ1) is 7.81. The van der Waals surface area contributed by atoms with Crippen molar-refractivity contribution >= 4 is 13.8 Å². The van der Waals surface area contributed by atoms with Crippen molar-refractivity contribution in [1.82, 2.24) is 0 Å². The lowest BCUT2D eigenvalue weighted by Crippen LogP contribution is -2.60. The fourth-order valence-electron chi connectivity index (χ4n) is 2.71. The van der Waals surface area contributed by atoms with Crippen LogP contribution in [0.1, 0.15) is 41.5 Å². The van der Waals surface area contributed by atoms with Crippen LogP contribution in [0.25, 0.3) is 0 Å². The summed E-state index contributed by atoms with van der Waals surface area (Å²) >= 11 is 0. The van der Waals surface area contributed by atoms with Gasteiger partial charge in [-0.3, -0.25) is 4.99 Å². The number of aliphatic hydroxyl groups is 1. The van der Waals surface area contributed by atoms with Crippen LogP contribution < -0.4 is 0 Å². The van der Waals surface area contributed by atoms with Gasteiger partial charge >= 0.3 is 0 Å². The van der Waals surface area contributed by atoms with E-state index in [0.29, 0.717) is 0 Å². The fraction of sp³-hybridized carbons (Fsp3) is 0.786. The minimum Gasteiger partial charge on any atom is -0.388 e. The van der Waals surface area contributed by atoms with E-state index < -0.39 is 13.3 Å². The molecule has 1 N–H and O–H groups in total. The third-order valence-electron chi connectivity index (χ3n) is 4.15. The second-order valence-electron chi connectivity index (χ2n) is 5.23. The number of hydrogen-bond acceptors (Lipinski definition) is 2. The van der Waals surface area contributed by atoms with Crippen LogP contribution in [0.3, 0.4) is 0 Å². The Morgan fingerprint density at radius 1 is 1.29 bits per heavy atom. The monoisotopic (exact) mass is 255 g/mol. The van der Waals surface area contributed by atoms with Gasteiger partial charge < -0.3 is 5.11 Å². The second kappa shape index (κ2) is 6.50. The SMILES string of the molecule is C=CC(=NC(C)C)C(C)(O)[Si](CC)(CC)CC. The van der Waals surface area contributed by atoms with E-state index in [1.54, 1.807) is 6.08 Å². The molecular weight excluding hydrogens is 226 g/mol. The molecule has 0 fully saturated rings. The van der Waals surface area contributed by atoms with Gasteiger partial charge in [0.15, 0.2) is 0 Å². The first kappa shape index (κ1) is 16.6. The van der Waals surface area contributed by atoms with E-state index in [2.05, 4.69) is 32.3 Å². The van der Waals surface area contributed by atoms with Crippen molar-refractivity contribution < 1.29 is 5.11 Å². The van der Waals surface area contributed by atoms with Crippen LogP contribution in [-0.2, 0) is 0 Å². The fourth-order valence-corrected chi connectivity index (χ4v) is 6.98. The molecule has 2 nitrogen and oxygen atoms in total. The Balaban J connectivity index is 5.54. The second-order valence-corrected chi connectivity index (χ2v) is 10.9. The summed E-state index contributed by atoms with van der Waals surface area (Å²) in [5.41, 5.74) is 0.782. The summed E-state index contributed by atoms with van der Waals surface area (Å²) in [4.78, 5) is 4.56. The average molecular weight is 255 g/mol. The summed E-state index contributed by atoms with van der Waals surface area (Å²) < 4.78 is 0. The first-order valence-corrected chi connectivity index (χ1v) is 9.36. The molecule has 3 heteroatoms. The van der Waals surface area contributed by atoms with Gasteiger partial charge in [-0.2, -0.15) is 0 Å². The van der Waals surface area contributed by atoms with E-state index in [1.807, 2.05) is 20.8 Å². The molecule has 1 unspecified atom stereocenters. The summed E-state index contributed by atoms with van der Waals surface area (Å²) in [5.74, 6) is 0. The maximum absolute atomic E-state index is 11.0. The molecule has 0 aromatic rings. The van der Waals surface area contributed by atoms with Crippen molar-refractivity contribution in [3.8, 4) is 0 Å². The van der Waals surface area contributed by atoms with Gasteiger partial charge in [0.05, 0.1) is 19.0 Å². The molecule has 100 valence electrons. The largest absolute Gasteiger partial charge is 0.388 e. The highest BCUT2D eigenvalue weighted by molar-refractivity contribution is 6.85. The molecule has 0 aliphatic rings. The molecule has 0 radical (unpaired) electrons. The van der Waals surface area contributed by atoms with Crippen molar-refractivity contribution in [3.63, 3.8) is 0 Å². The third kappa shape index (κ3) is 3.29. The molecule has 0 rings (SSSR count). The average Bonchev–Trinajstić information content (AvgIpc) is 2.28. The minimum absolute atomic E-state index is 0.201. The number of hydrogen-bond donors (Lipinski definition) is 1. The zero-order valence-electron chi connectivity index (χ0n) is 12.4. The third-order valence-corrected chi connectivity index (χ3v) is 10.5. The van der Waals surface area contributed by atoms with Gasteiger partial charge in [-0.15, -0.1) is 0 Å². The standard InChI is InChI=1S/C14H29NOSi/c1-8-13(15-12(5)6)14(7,16)17(9-2,10-3)11-4/h8,12,16H,1,9-11H2,2-7H3. The Morgan fingerprint density at radius 2 is 1.71 bits per heavy atom. The van der Waals surface area contributed by atoms with Crippen LogP contribution >= 0.6 is 0 Å². The summed E-state index contributed by atoms with van der Waals surface area (Å²) in [6.45, 7) is 16.4. The molecule has 0 heterocycles. The molecular formula is C14H29NOSi. The van der Waals surface area contributed by atoms with Crippen LogP contribution in [-0.4, -0.2) is 30.2 Å². The highest BCUT2D eigenvalue weighted by atomic mass is 28.3. The Kier molecular flexibility index (Phi) is 6.34. The van der Waals surface area contributed by atoms with E-state index in [0.717, 1.165) is 23.8 Å². The Labute approximate surface area is 108 Å². The number of rotatable bonds is 7. The maximum Gasteiger partial charge on any atom is 0.0977 e. The van der Waals surface area contributed by atoms with Crippen LogP contribution in [0.15, 0.2) is 17.6 Å². The zero-order valence-corrected chi connectivity index (χ0v) is 13.4. The van der Waals surface area contributed by atoms with Crippen LogP contribution in [0, 0.1) is 0 Å². The first-order valence-electron chi connectivity index (χ1n) is 6.74. The van der Waals surface area contributed by atoms with Gasteiger partial charge in [0.2, 0.25) is 0 Å².